The van der Waals surface area contributed by atoms with Crippen molar-refractivity contribution in [2.24, 2.45) is 0 Å². The molecular formula is C16H18N2O. The third-order valence-electron chi connectivity index (χ3n) is 3.11. The van der Waals surface area contributed by atoms with Gasteiger partial charge in [0.05, 0.1) is 0 Å². The van der Waals surface area contributed by atoms with Gasteiger partial charge in [-0.1, -0.05) is 24.3 Å². The molecule has 1 N–H and O–H groups in total. The Kier molecular flexibility index (Phi) is 4.29. The van der Waals surface area contributed by atoms with Gasteiger partial charge in [0.1, 0.15) is 0 Å². The van der Waals surface area contributed by atoms with Gasteiger partial charge in [-0.15, -0.1) is 0 Å². The van der Waals surface area contributed by atoms with Crippen LogP contribution in [0.4, 0.5) is 5.69 Å². The van der Waals surface area contributed by atoms with Crippen molar-refractivity contribution >= 4 is 11.6 Å². The zero-order valence-electron chi connectivity index (χ0n) is 11.3. The molecule has 3 heteroatoms. The van der Waals surface area contributed by atoms with Gasteiger partial charge < -0.3 is 5.32 Å². The van der Waals surface area contributed by atoms with Gasteiger partial charge in [0.2, 0.25) is 5.91 Å². The molecule has 98 valence electrons. The highest BCUT2D eigenvalue weighted by molar-refractivity contribution is 5.92. The molecule has 19 heavy (non-hydrogen) atoms. The van der Waals surface area contributed by atoms with Gasteiger partial charge in [-0.2, -0.15) is 0 Å². The molecular weight excluding hydrogens is 236 g/mol. The van der Waals surface area contributed by atoms with Crippen LogP contribution in [0.25, 0.3) is 0 Å². The SMILES string of the molecule is Cc1cccc(C)c1NC(=O)CCc1cccnc1. The summed E-state index contributed by atoms with van der Waals surface area (Å²) in [6.45, 7) is 4.01. The largest absolute Gasteiger partial charge is 0.326 e. The minimum atomic E-state index is 0.0428. The molecule has 0 aliphatic rings. The fourth-order valence-electron chi connectivity index (χ4n) is 2.02. The van der Waals surface area contributed by atoms with Crippen LogP contribution < -0.4 is 5.32 Å². The van der Waals surface area contributed by atoms with Gasteiger partial charge in [-0.05, 0) is 43.0 Å². The zero-order valence-corrected chi connectivity index (χ0v) is 11.3. The average Bonchev–Trinajstić information content (AvgIpc) is 2.42. The van der Waals surface area contributed by atoms with Gasteiger partial charge in [0.15, 0.2) is 0 Å². The lowest BCUT2D eigenvalue weighted by molar-refractivity contribution is -0.116. The molecule has 0 spiro atoms. The normalized spacial score (nSPS) is 10.2. The van der Waals surface area contributed by atoms with E-state index >= 15 is 0 Å². The number of hydrogen-bond acceptors (Lipinski definition) is 2. The Morgan fingerprint density at radius 2 is 1.89 bits per heavy atom. The first-order chi connectivity index (χ1) is 9.16. The number of hydrogen-bond donors (Lipinski definition) is 1. The van der Waals surface area contributed by atoms with Gasteiger partial charge in [0.25, 0.3) is 0 Å². The minimum Gasteiger partial charge on any atom is -0.326 e. The first-order valence-corrected chi connectivity index (χ1v) is 6.42. The van der Waals surface area contributed by atoms with Crippen molar-refractivity contribution in [2.45, 2.75) is 26.7 Å². The van der Waals surface area contributed by atoms with E-state index in [0.29, 0.717) is 12.8 Å². The number of nitrogens with zero attached hydrogens (tertiary/aromatic N) is 1. The van der Waals surface area contributed by atoms with Crippen molar-refractivity contribution < 1.29 is 4.79 Å². The topological polar surface area (TPSA) is 42.0 Å². The molecule has 0 saturated carbocycles. The molecule has 0 atom stereocenters. The molecule has 1 aromatic heterocycles. The van der Waals surface area contributed by atoms with Gasteiger partial charge in [-0.3, -0.25) is 9.78 Å². The number of pyridine rings is 1. The maximum absolute atomic E-state index is 12.0. The van der Waals surface area contributed by atoms with Crippen LogP contribution in [0.1, 0.15) is 23.1 Å². The maximum Gasteiger partial charge on any atom is 0.224 e. The monoisotopic (exact) mass is 254 g/mol. The number of aromatic nitrogens is 1. The second-order valence-corrected chi connectivity index (χ2v) is 4.68. The summed E-state index contributed by atoms with van der Waals surface area (Å²) in [4.78, 5) is 16.0. The Morgan fingerprint density at radius 3 is 2.53 bits per heavy atom. The van der Waals surface area contributed by atoms with Crippen LogP contribution >= 0.6 is 0 Å². The third kappa shape index (κ3) is 3.65. The molecule has 2 aromatic rings. The van der Waals surface area contributed by atoms with Gasteiger partial charge in [-0.25, -0.2) is 0 Å². The zero-order chi connectivity index (χ0) is 13.7. The molecule has 0 aliphatic heterocycles. The summed E-state index contributed by atoms with van der Waals surface area (Å²) >= 11 is 0. The molecule has 0 aliphatic carbocycles. The molecule has 1 heterocycles. The van der Waals surface area contributed by atoms with E-state index in [1.807, 2.05) is 44.2 Å². The number of anilines is 1. The number of nitrogens with one attached hydrogen (secondary N) is 1. The van der Waals surface area contributed by atoms with E-state index < -0.39 is 0 Å². The number of benzene rings is 1. The third-order valence-corrected chi connectivity index (χ3v) is 3.11. The van der Waals surface area contributed by atoms with E-state index in [1.54, 1.807) is 12.4 Å². The molecule has 0 radical (unpaired) electrons. The van der Waals surface area contributed by atoms with Gasteiger partial charge >= 0.3 is 0 Å². The highest BCUT2D eigenvalue weighted by atomic mass is 16.1. The summed E-state index contributed by atoms with van der Waals surface area (Å²) in [5, 5.41) is 2.99. The summed E-state index contributed by atoms with van der Waals surface area (Å²) in [7, 11) is 0. The molecule has 0 saturated heterocycles. The fraction of sp³-hybridized carbons (Fsp3) is 0.250. The fourth-order valence-corrected chi connectivity index (χ4v) is 2.02. The summed E-state index contributed by atoms with van der Waals surface area (Å²) in [5.74, 6) is 0.0428. The van der Waals surface area contributed by atoms with Crippen molar-refractivity contribution in [3.63, 3.8) is 0 Å². The van der Waals surface area contributed by atoms with Gasteiger partial charge in [0, 0.05) is 24.5 Å². The van der Waals surface area contributed by atoms with Crippen LogP contribution in [0.15, 0.2) is 42.7 Å². The van der Waals surface area contributed by atoms with Crippen molar-refractivity contribution in [1.82, 2.24) is 4.98 Å². The Labute approximate surface area is 113 Å². The minimum absolute atomic E-state index is 0.0428. The summed E-state index contributed by atoms with van der Waals surface area (Å²) < 4.78 is 0. The first kappa shape index (κ1) is 13.3. The molecule has 1 amide bonds. The van der Waals surface area contributed by atoms with E-state index in [2.05, 4.69) is 10.3 Å². The lowest BCUT2D eigenvalue weighted by Gasteiger charge is -2.11. The standard InChI is InChI=1S/C16H18N2O/c1-12-5-3-6-13(2)16(12)18-15(19)9-8-14-7-4-10-17-11-14/h3-7,10-11H,8-9H2,1-2H3,(H,18,19). The molecule has 2 rings (SSSR count). The number of para-hydroxylation sites is 1. The number of carbonyl (C=O) groups excluding carboxylic acids is 1. The molecule has 0 bridgehead atoms. The first-order valence-electron chi connectivity index (χ1n) is 6.42. The number of aryl methyl sites for hydroxylation is 3. The Morgan fingerprint density at radius 1 is 1.16 bits per heavy atom. The van der Waals surface area contributed by atoms with E-state index in [-0.39, 0.29) is 5.91 Å². The van der Waals surface area contributed by atoms with E-state index in [0.717, 1.165) is 22.4 Å². The van der Waals surface area contributed by atoms with Crippen molar-refractivity contribution in [1.29, 1.82) is 0 Å². The summed E-state index contributed by atoms with van der Waals surface area (Å²) in [6, 6.07) is 9.88. The van der Waals surface area contributed by atoms with Crippen molar-refractivity contribution in [3.8, 4) is 0 Å². The summed E-state index contributed by atoms with van der Waals surface area (Å²) in [5.41, 5.74) is 4.20. The average molecular weight is 254 g/mol. The molecule has 0 unspecified atom stereocenters. The highest BCUT2D eigenvalue weighted by Gasteiger charge is 2.07. The lowest BCUT2D eigenvalue weighted by Crippen LogP contribution is -2.14. The predicted octanol–water partition coefficient (Wildman–Crippen LogP) is 3.27. The predicted molar refractivity (Wildman–Crippen MR) is 77.1 cm³/mol. The molecule has 1 aromatic carbocycles. The number of rotatable bonds is 4. The van der Waals surface area contributed by atoms with E-state index in [9.17, 15) is 4.79 Å². The highest BCUT2D eigenvalue weighted by Crippen LogP contribution is 2.19. The van der Waals surface area contributed by atoms with Crippen LogP contribution in [0.2, 0.25) is 0 Å². The summed E-state index contributed by atoms with van der Waals surface area (Å²) in [6.07, 6.45) is 4.72. The van der Waals surface area contributed by atoms with Crippen molar-refractivity contribution in [2.75, 3.05) is 5.32 Å². The van der Waals surface area contributed by atoms with Crippen LogP contribution in [-0.2, 0) is 11.2 Å². The second-order valence-electron chi connectivity index (χ2n) is 4.68. The Hall–Kier alpha value is -2.16. The smallest absolute Gasteiger partial charge is 0.224 e. The van der Waals surface area contributed by atoms with E-state index in [1.165, 1.54) is 0 Å². The van der Waals surface area contributed by atoms with Crippen LogP contribution in [0.3, 0.4) is 0 Å². The Balaban J connectivity index is 1.95. The van der Waals surface area contributed by atoms with Crippen LogP contribution in [0, 0.1) is 13.8 Å². The number of carbonyl (C=O) groups is 1. The number of amides is 1. The lowest BCUT2D eigenvalue weighted by atomic mass is 10.1. The Bertz CT molecular complexity index is 544. The van der Waals surface area contributed by atoms with Crippen molar-refractivity contribution in [3.05, 3.63) is 59.4 Å². The van der Waals surface area contributed by atoms with Crippen LogP contribution in [-0.4, -0.2) is 10.9 Å². The molecule has 3 nitrogen and oxygen atoms in total. The second kappa shape index (κ2) is 6.14. The van der Waals surface area contributed by atoms with E-state index in [4.69, 9.17) is 0 Å². The quantitative estimate of drug-likeness (QED) is 0.909. The van der Waals surface area contributed by atoms with Crippen LogP contribution in [0.5, 0.6) is 0 Å². The maximum atomic E-state index is 12.0. The molecule has 0 fully saturated rings.